The lowest BCUT2D eigenvalue weighted by atomic mass is 9.89. The van der Waals surface area contributed by atoms with Gasteiger partial charge < -0.3 is 14.5 Å². The van der Waals surface area contributed by atoms with Crippen molar-refractivity contribution in [2.45, 2.75) is 39.2 Å². The van der Waals surface area contributed by atoms with E-state index in [0.717, 1.165) is 29.7 Å². The van der Waals surface area contributed by atoms with E-state index < -0.39 is 12.1 Å². The van der Waals surface area contributed by atoms with Gasteiger partial charge in [0.05, 0.1) is 18.1 Å². The van der Waals surface area contributed by atoms with Gasteiger partial charge in [0.1, 0.15) is 10.6 Å². The Hall–Kier alpha value is -2.67. The average molecular weight is 398 g/mol. The van der Waals surface area contributed by atoms with E-state index in [1.165, 1.54) is 4.88 Å². The number of carbonyl (C=O) groups is 1. The first-order valence-corrected chi connectivity index (χ1v) is 10.2. The SMILES string of the molecule is COc1ccc(C(=O)O[C@H](C)c2nc3sc4c(c3c(=O)[nH]2)CC[C@H](C)C4)cc1. The molecule has 7 heteroatoms. The predicted molar refractivity (Wildman–Crippen MR) is 108 cm³/mol. The summed E-state index contributed by atoms with van der Waals surface area (Å²) >= 11 is 1.58. The van der Waals surface area contributed by atoms with E-state index in [9.17, 15) is 9.59 Å². The molecule has 0 aliphatic heterocycles. The van der Waals surface area contributed by atoms with Crippen LogP contribution >= 0.6 is 11.3 Å². The topological polar surface area (TPSA) is 81.3 Å². The van der Waals surface area contributed by atoms with Crippen molar-refractivity contribution in [3.05, 3.63) is 56.4 Å². The van der Waals surface area contributed by atoms with Crippen LogP contribution in [0.3, 0.4) is 0 Å². The summed E-state index contributed by atoms with van der Waals surface area (Å²) < 4.78 is 10.6. The number of H-pyrrole nitrogens is 1. The molecule has 2 aromatic heterocycles. The first kappa shape index (κ1) is 18.7. The number of esters is 1. The number of aryl methyl sites for hydroxylation is 1. The number of methoxy groups -OCH3 is 1. The van der Waals surface area contributed by atoms with Gasteiger partial charge in [0.25, 0.3) is 5.56 Å². The highest BCUT2D eigenvalue weighted by Gasteiger charge is 2.24. The molecule has 3 aromatic rings. The molecule has 146 valence electrons. The number of nitrogens with zero attached hydrogens (tertiary/aromatic N) is 1. The van der Waals surface area contributed by atoms with Crippen molar-refractivity contribution in [3.63, 3.8) is 0 Å². The number of carbonyl (C=O) groups excluding carboxylic acids is 1. The van der Waals surface area contributed by atoms with Crippen LogP contribution in [0.5, 0.6) is 5.75 Å². The molecule has 1 aromatic carbocycles. The van der Waals surface area contributed by atoms with Gasteiger partial charge in [-0.2, -0.15) is 0 Å². The first-order chi connectivity index (χ1) is 13.5. The summed E-state index contributed by atoms with van der Waals surface area (Å²) in [4.78, 5) is 34.5. The lowest BCUT2D eigenvalue weighted by molar-refractivity contribution is 0.0320. The minimum atomic E-state index is -0.662. The average Bonchev–Trinajstić information content (AvgIpc) is 3.05. The molecule has 1 aliphatic carbocycles. The maximum atomic E-state index is 12.7. The van der Waals surface area contributed by atoms with Crippen molar-refractivity contribution in [3.8, 4) is 5.75 Å². The maximum absolute atomic E-state index is 12.7. The smallest absolute Gasteiger partial charge is 0.338 e. The molecule has 0 saturated carbocycles. The fourth-order valence-electron chi connectivity index (χ4n) is 3.57. The summed E-state index contributed by atoms with van der Waals surface area (Å²) in [6.07, 6.45) is 2.34. The highest BCUT2D eigenvalue weighted by molar-refractivity contribution is 7.18. The third kappa shape index (κ3) is 3.42. The zero-order valence-corrected chi connectivity index (χ0v) is 16.9. The Labute approximate surface area is 166 Å². The largest absolute Gasteiger partial charge is 0.497 e. The number of ether oxygens (including phenoxy) is 2. The molecule has 2 atom stereocenters. The number of hydrogen-bond acceptors (Lipinski definition) is 6. The van der Waals surface area contributed by atoms with Gasteiger partial charge in [-0.3, -0.25) is 4.79 Å². The van der Waals surface area contributed by atoms with E-state index in [4.69, 9.17) is 9.47 Å². The maximum Gasteiger partial charge on any atom is 0.338 e. The van der Waals surface area contributed by atoms with Crippen LogP contribution < -0.4 is 10.3 Å². The van der Waals surface area contributed by atoms with E-state index in [1.807, 2.05) is 0 Å². The van der Waals surface area contributed by atoms with Crippen molar-refractivity contribution >= 4 is 27.5 Å². The van der Waals surface area contributed by atoms with E-state index in [2.05, 4.69) is 16.9 Å². The van der Waals surface area contributed by atoms with Gasteiger partial charge in [-0.05, 0) is 61.9 Å². The molecule has 0 spiro atoms. The molecule has 2 heterocycles. The predicted octanol–water partition coefficient (Wildman–Crippen LogP) is 4.04. The Morgan fingerprint density at radius 1 is 1.32 bits per heavy atom. The second kappa shape index (κ2) is 7.39. The molecular formula is C21H22N2O4S. The van der Waals surface area contributed by atoms with Crippen molar-refractivity contribution < 1.29 is 14.3 Å². The van der Waals surface area contributed by atoms with Crippen LogP contribution in [-0.2, 0) is 17.6 Å². The van der Waals surface area contributed by atoms with Crippen LogP contribution in [0.25, 0.3) is 10.2 Å². The second-order valence-electron chi connectivity index (χ2n) is 7.26. The number of fused-ring (bicyclic) bond motifs is 3. The number of hydrogen-bond donors (Lipinski definition) is 1. The van der Waals surface area contributed by atoms with Gasteiger partial charge in [0.15, 0.2) is 11.9 Å². The van der Waals surface area contributed by atoms with Crippen LogP contribution in [0.1, 0.15) is 53.0 Å². The number of aromatic amines is 1. The Bertz CT molecular complexity index is 1080. The molecule has 0 unspecified atom stereocenters. The van der Waals surface area contributed by atoms with Gasteiger partial charge in [-0.1, -0.05) is 6.92 Å². The van der Waals surface area contributed by atoms with Gasteiger partial charge in [0.2, 0.25) is 0 Å². The minimum Gasteiger partial charge on any atom is -0.497 e. The number of nitrogens with one attached hydrogen (secondary N) is 1. The summed E-state index contributed by atoms with van der Waals surface area (Å²) in [6.45, 7) is 3.94. The molecule has 0 amide bonds. The highest BCUT2D eigenvalue weighted by Crippen LogP contribution is 2.36. The Morgan fingerprint density at radius 3 is 2.79 bits per heavy atom. The fraction of sp³-hybridized carbons (Fsp3) is 0.381. The van der Waals surface area contributed by atoms with E-state index in [-0.39, 0.29) is 5.56 Å². The quantitative estimate of drug-likeness (QED) is 0.671. The van der Waals surface area contributed by atoms with E-state index in [1.54, 1.807) is 49.6 Å². The second-order valence-corrected chi connectivity index (χ2v) is 8.34. The zero-order chi connectivity index (χ0) is 19.8. The molecule has 6 nitrogen and oxygen atoms in total. The molecule has 1 aliphatic rings. The summed E-state index contributed by atoms with van der Waals surface area (Å²) in [6, 6.07) is 6.68. The van der Waals surface area contributed by atoms with Crippen LogP contribution in [0.15, 0.2) is 29.1 Å². The summed E-state index contributed by atoms with van der Waals surface area (Å²) in [5.74, 6) is 1.18. The third-order valence-electron chi connectivity index (χ3n) is 5.18. The molecule has 28 heavy (non-hydrogen) atoms. The molecule has 0 bridgehead atoms. The minimum absolute atomic E-state index is 0.153. The van der Waals surface area contributed by atoms with Crippen molar-refractivity contribution in [1.29, 1.82) is 0 Å². The Morgan fingerprint density at radius 2 is 2.07 bits per heavy atom. The number of benzene rings is 1. The van der Waals surface area contributed by atoms with Crippen molar-refractivity contribution in [2.75, 3.05) is 7.11 Å². The van der Waals surface area contributed by atoms with Gasteiger partial charge in [0, 0.05) is 4.88 Å². The fourth-order valence-corrected chi connectivity index (χ4v) is 4.96. The molecule has 0 radical (unpaired) electrons. The molecular weight excluding hydrogens is 376 g/mol. The van der Waals surface area contributed by atoms with Crippen LogP contribution in [0.4, 0.5) is 0 Å². The van der Waals surface area contributed by atoms with Crippen LogP contribution in [0.2, 0.25) is 0 Å². The number of aromatic nitrogens is 2. The monoisotopic (exact) mass is 398 g/mol. The molecule has 0 saturated heterocycles. The van der Waals surface area contributed by atoms with Gasteiger partial charge in [-0.25, -0.2) is 9.78 Å². The molecule has 4 rings (SSSR count). The van der Waals surface area contributed by atoms with Crippen molar-refractivity contribution in [2.24, 2.45) is 5.92 Å². The summed E-state index contributed by atoms with van der Waals surface area (Å²) in [7, 11) is 1.57. The van der Waals surface area contributed by atoms with Gasteiger partial charge in [-0.15, -0.1) is 11.3 Å². The van der Waals surface area contributed by atoms with Gasteiger partial charge >= 0.3 is 5.97 Å². The number of rotatable bonds is 4. The molecule has 1 N–H and O–H groups in total. The van der Waals surface area contributed by atoms with E-state index >= 15 is 0 Å². The first-order valence-electron chi connectivity index (χ1n) is 9.35. The standard InChI is InChI=1S/C21H22N2O4S/c1-11-4-9-15-16(10-11)28-20-17(15)19(24)22-18(23-20)12(2)27-21(25)13-5-7-14(26-3)8-6-13/h5-8,11-12H,4,9-10H2,1-3H3,(H,22,23,24)/t11-,12+/m0/s1. The van der Waals surface area contributed by atoms with Crippen molar-refractivity contribution in [1.82, 2.24) is 9.97 Å². The molecule has 0 fully saturated rings. The van der Waals surface area contributed by atoms with E-state index in [0.29, 0.717) is 28.4 Å². The lowest BCUT2D eigenvalue weighted by Gasteiger charge is -2.17. The highest BCUT2D eigenvalue weighted by atomic mass is 32.1. The van der Waals surface area contributed by atoms with Crippen LogP contribution in [0, 0.1) is 5.92 Å². The normalized spacial score (nSPS) is 17.2. The summed E-state index contributed by atoms with van der Waals surface area (Å²) in [5.41, 5.74) is 1.40. The third-order valence-corrected chi connectivity index (χ3v) is 6.33. The number of thiophene rings is 1. The summed E-state index contributed by atoms with van der Waals surface area (Å²) in [5, 5.41) is 0.698. The Balaban J connectivity index is 1.59. The lowest BCUT2D eigenvalue weighted by Crippen LogP contribution is -2.18. The Kier molecular flexibility index (Phi) is 4.93. The zero-order valence-electron chi connectivity index (χ0n) is 16.1. The van der Waals surface area contributed by atoms with Crippen LogP contribution in [-0.4, -0.2) is 23.0 Å².